The Morgan fingerprint density at radius 1 is 1.06 bits per heavy atom. The minimum Gasteiger partial charge on any atom is -0.497 e. The second kappa shape index (κ2) is 8.64. The SMILES string of the molecule is COc1ccc(C(=O)N2CC3COCCN3C3(CN(C(=O)Nc4ccc(F)cc4)C3)C2)cc1. The number of morpholine rings is 1. The number of halogens is 1. The fourth-order valence-corrected chi connectivity index (χ4v) is 5.09. The number of fused-ring (bicyclic) bond motifs is 2. The molecule has 2 aromatic rings. The third-order valence-corrected chi connectivity index (χ3v) is 6.73. The fraction of sp³-hybridized carbons (Fsp3) is 0.417. The van der Waals surface area contributed by atoms with E-state index in [1.807, 2.05) is 4.90 Å². The number of carbonyl (C=O) groups excluding carboxylic acids is 2. The first-order valence-electron chi connectivity index (χ1n) is 11.1. The van der Waals surface area contributed by atoms with Crippen molar-refractivity contribution in [3.63, 3.8) is 0 Å². The van der Waals surface area contributed by atoms with Crippen LogP contribution in [0.4, 0.5) is 14.9 Å². The van der Waals surface area contributed by atoms with Crippen LogP contribution in [0.25, 0.3) is 0 Å². The number of methoxy groups -OCH3 is 1. The smallest absolute Gasteiger partial charge is 0.321 e. The zero-order chi connectivity index (χ0) is 23.0. The van der Waals surface area contributed by atoms with Crippen LogP contribution in [0.15, 0.2) is 48.5 Å². The molecule has 1 unspecified atom stereocenters. The van der Waals surface area contributed by atoms with Crippen molar-refractivity contribution >= 4 is 17.6 Å². The molecule has 3 saturated heterocycles. The minimum absolute atomic E-state index is 0.0311. The molecule has 1 N–H and O–H groups in total. The van der Waals surface area contributed by atoms with E-state index in [1.165, 1.54) is 24.3 Å². The van der Waals surface area contributed by atoms with Crippen LogP contribution in [0.5, 0.6) is 5.75 Å². The minimum atomic E-state index is -0.349. The highest BCUT2D eigenvalue weighted by Gasteiger charge is 2.56. The van der Waals surface area contributed by atoms with Crippen LogP contribution in [0.2, 0.25) is 0 Å². The van der Waals surface area contributed by atoms with Crippen molar-refractivity contribution in [1.29, 1.82) is 0 Å². The third-order valence-electron chi connectivity index (χ3n) is 6.73. The van der Waals surface area contributed by atoms with Gasteiger partial charge in [0.2, 0.25) is 0 Å². The predicted molar refractivity (Wildman–Crippen MR) is 120 cm³/mol. The summed E-state index contributed by atoms with van der Waals surface area (Å²) in [4.78, 5) is 32.1. The summed E-state index contributed by atoms with van der Waals surface area (Å²) in [5, 5.41) is 2.82. The van der Waals surface area contributed by atoms with E-state index in [2.05, 4.69) is 10.2 Å². The number of hydrogen-bond donors (Lipinski definition) is 1. The first-order valence-corrected chi connectivity index (χ1v) is 11.1. The Morgan fingerprint density at radius 2 is 1.76 bits per heavy atom. The van der Waals surface area contributed by atoms with Crippen molar-refractivity contribution in [3.8, 4) is 5.75 Å². The molecule has 2 aromatic carbocycles. The van der Waals surface area contributed by atoms with Crippen LogP contribution in [-0.4, -0.2) is 91.3 Å². The second-order valence-corrected chi connectivity index (χ2v) is 8.85. The molecule has 0 aromatic heterocycles. The van der Waals surface area contributed by atoms with Gasteiger partial charge in [0.05, 0.1) is 31.9 Å². The van der Waals surface area contributed by atoms with Crippen LogP contribution in [0.1, 0.15) is 10.4 Å². The molecule has 0 aliphatic carbocycles. The highest BCUT2D eigenvalue weighted by molar-refractivity contribution is 5.94. The summed E-state index contributed by atoms with van der Waals surface area (Å²) in [5.74, 6) is 0.324. The molecule has 0 bridgehead atoms. The molecule has 174 valence electrons. The quantitative estimate of drug-likeness (QED) is 0.770. The van der Waals surface area contributed by atoms with Gasteiger partial charge in [0.25, 0.3) is 5.91 Å². The van der Waals surface area contributed by atoms with Crippen LogP contribution >= 0.6 is 0 Å². The summed E-state index contributed by atoms with van der Waals surface area (Å²) in [5.41, 5.74) is 0.863. The highest BCUT2D eigenvalue weighted by Crippen LogP contribution is 2.36. The normalized spacial score (nSPS) is 21.8. The van der Waals surface area contributed by atoms with Crippen LogP contribution in [0, 0.1) is 5.82 Å². The largest absolute Gasteiger partial charge is 0.497 e. The Bertz CT molecular complexity index is 1020. The van der Waals surface area contributed by atoms with E-state index >= 15 is 0 Å². The van der Waals surface area contributed by atoms with Crippen LogP contribution in [0.3, 0.4) is 0 Å². The summed E-state index contributed by atoms with van der Waals surface area (Å²) in [7, 11) is 1.59. The van der Waals surface area contributed by atoms with Gasteiger partial charge in [-0.2, -0.15) is 0 Å². The first kappa shape index (κ1) is 21.7. The van der Waals surface area contributed by atoms with Gasteiger partial charge in [0, 0.05) is 44.0 Å². The number of amides is 3. The van der Waals surface area contributed by atoms with Crippen molar-refractivity contribution in [3.05, 3.63) is 59.9 Å². The monoisotopic (exact) mass is 454 g/mol. The summed E-state index contributed by atoms with van der Waals surface area (Å²) in [6, 6.07) is 12.7. The van der Waals surface area contributed by atoms with Crippen molar-refractivity contribution in [2.45, 2.75) is 11.6 Å². The van der Waals surface area contributed by atoms with Gasteiger partial charge in [-0.15, -0.1) is 0 Å². The molecular weight excluding hydrogens is 427 g/mol. The molecule has 3 fully saturated rings. The molecule has 5 rings (SSSR count). The van der Waals surface area contributed by atoms with Gasteiger partial charge >= 0.3 is 6.03 Å². The summed E-state index contributed by atoms with van der Waals surface area (Å²) < 4.78 is 24.0. The van der Waals surface area contributed by atoms with Gasteiger partial charge in [-0.1, -0.05) is 0 Å². The fourth-order valence-electron chi connectivity index (χ4n) is 5.09. The Balaban J connectivity index is 1.30. The number of carbonyl (C=O) groups is 2. The van der Waals surface area contributed by atoms with Gasteiger partial charge < -0.3 is 24.6 Å². The number of hydrogen-bond acceptors (Lipinski definition) is 5. The summed E-state index contributed by atoms with van der Waals surface area (Å²) in [6.07, 6.45) is 0. The molecule has 3 amide bonds. The number of urea groups is 1. The first-order chi connectivity index (χ1) is 16.0. The van der Waals surface area contributed by atoms with E-state index in [-0.39, 0.29) is 29.3 Å². The molecule has 0 radical (unpaired) electrons. The number of likely N-dealkylation sites (tertiary alicyclic amines) is 1. The summed E-state index contributed by atoms with van der Waals surface area (Å²) >= 11 is 0. The summed E-state index contributed by atoms with van der Waals surface area (Å²) in [6.45, 7) is 4.17. The average molecular weight is 455 g/mol. The Labute approximate surface area is 191 Å². The average Bonchev–Trinajstić information content (AvgIpc) is 2.82. The lowest BCUT2D eigenvalue weighted by Gasteiger charge is -2.63. The van der Waals surface area contributed by atoms with E-state index in [4.69, 9.17) is 9.47 Å². The number of benzene rings is 2. The molecule has 3 aliphatic heterocycles. The van der Waals surface area contributed by atoms with E-state index < -0.39 is 0 Å². The maximum Gasteiger partial charge on any atom is 0.321 e. The Hall–Kier alpha value is -3.17. The van der Waals surface area contributed by atoms with Crippen LogP contribution in [-0.2, 0) is 4.74 Å². The van der Waals surface area contributed by atoms with Crippen molar-refractivity contribution < 1.29 is 23.5 Å². The number of nitrogens with one attached hydrogen (secondary N) is 1. The number of rotatable bonds is 3. The van der Waals surface area contributed by atoms with E-state index in [0.29, 0.717) is 56.4 Å². The lowest BCUT2D eigenvalue weighted by Crippen LogP contribution is -2.81. The highest BCUT2D eigenvalue weighted by atomic mass is 19.1. The van der Waals surface area contributed by atoms with Gasteiger partial charge in [0.1, 0.15) is 11.6 Å². The molecule has 3 aliphatic rings. The zero-order valence-electron chi connectivity index (χ0n) is 18.5. The van der Waals surface area contributed by atoms with Crippen molar-refractivity contribution in [2.75, 3.05) is 58.4 Å². The lowest BCUT2D eigenvalue weighted by atomic mass is 9.82. The number of piperazine rings is 1. The number of ether oxygens (including phenoxy) is 2. The molecule has 9 heteroatoms. The van der Waals surface area contributed by atoms with Gasteiger partial charge in [-0.05, 0) is 48.5 Å². The maximum absolute atomic E-state index is 13.3. The van der Waals surface area contributed by atoms with E-state index in [1.54, 1.807) is 36.3 Å². The number of anilines is 1. The second-order valence-electron chi connectivity index (χ2n) is 8.85. The van der Waals surface area contributed by atoms with Gasteiger partial charge in [-0.25, -0.2) is 9.18 Å². The zero-order valence-corrected chi connectivity index (χ0v) is 18.5. The van der Waals surface area contributed by atoms with Crippen molar-refractivity contribution in [1.82, 2.24) is 14.7 Å². The lowest BCUT2D eigenvalue weighted by molar-refractivity contribution is -0.147. The molecule has 1 atom stereocenters. The molecule has 1 spiro atoms. The maximum atomic E-state index is 13.3. The third kappa shape index (κ3) is 4.14. The Morgan fingerprint density at radius 3 is 2.45 bits per heavy atom. The molecular formula is C24H27FN4O4. The standard InChI is InChI=1S/C24H27FN4O4/c1-32-21-8-2-17(3-9-21)22(30)27-12-20-13-33-11-10-29(20)24(14-27)15-28(16-24)23(31)26-19-6-4-18(25)5-7-19/h2-9,20H,10-16H2,1H3,(H,26,31). The number of nitrogens with zero attached hydrogens (tertiary/aromatic N) is 3. The predicted octanol–water partition coefficient (Wildman–Crippen LogP) is 2.28. The van der Waals surface area contributed by atoms with Crippen molar-refractivity contribution in [2.24, 2.45) is 0 Å². The topological polar surface area (TPSA) is 74.3 Å². The van der Waals surface area contributed by atoms with Gasteiger partial charge in [0.15, 0.2) is 0 Å². The molecule has 0 saturated carbocycles. The molecule has 33 heavy (non-hydrogen) atoms. The van der Waals surface area contributed by atoms with Crippen LogP contribution < -0.4 is 10.1 Å². The van der Waals surface area contributed by atoms with Gasteiger partial charge in [-0.3, -0.25) is 9.69 Å². The van der Waals surface area contributed by atoms with E-state index in [0.717, 1.165) is 6.54 Å². The molecule has 3 heterocycles. The molecule has 8 nitrogen and oxygen atoms in total. The van der Waals surface area contributed by atoms with E-state index in [9.17, 15) is 14.0 Å². The Kier molecular flexibility index (Phi) is 5.67.